The first-order valence-corrected chi connectivity index (χ1v) is 5.88. The standard InChI is InChI=1S/C12H21N3O2/c1-6-17-12(16)11(13-8(2)3)10-7-15(5)14-9(10)4/h7-8,11,13H,6H2,1-5H3. The normalized spacial score (nSPS) is 12.8. The lowest BCUT2D eigenvalue weighted by Gasteiger charge is -2.19. The molecule has 0 aromatic carbocycles. The van der Waals surface area contributed by atoms with E-state index >= 15 is 0 Å². The number of ether oxygens (including phenoxy) is 1. The van der Waals surface area contributed by atoms with Crippen LogP contribution in [-0.4, -0.2) is 28.4 Å². The van der Waals surface area contributed by atoms with Crippen LogP contribution in [0.5, 0.6) is 0 Å². The van der Waals surface area contributed by atoms with Crippen molar-refractivity contribution in [3.8, 4) is 0 Å². The van der Waals surface area contributed by atoms with Gasteiger partial charge < -0.3 is 4.74 Å². The summed E-state index contributed by atoms with van der Waals surface area (Å²) >= 11 is 0. The van der Waals surface area contributed by atoms with Crippen molar-refractivity contribution in [1.82, 2.24) is 15.1 Å². The van der Waals surface area contributed by atoms with Crippen molar-refractivity contribution in [3.05, 3.63) is 17.5 Å². The SMILES string of the molecule is CCOC(=O)C(NC(C)C)c1cn(C)nc1C. The Morgan fingerprint density at radius 3 is 2.65 bits per heavy atom. The molecule has 0 aliphatic rings. The zero-order chi connectivity index (χ0) is 13.0. The Balaban J connectivity index is 2.97. The maximum Gasteiger partial charge on any atom is 0.327 e. The second-order valence-corrected chi connectivity index (χ2v) is 4.35. The van der Waals surface area contributed by atoms with E-state index in [1.165, 1.54) is 0 Å². The number of aryl methyl sites for hydroxylation is 2. The predicted octanol–water partition coefficient (Wildman–Crippen LogP) is 1.33. The van der Waals surface area contributed by atoms with Gasteiger partial charge in [-0.15, -0.1) is 0 Å². The van der Waals surface area contributed by atoms with E-state index in [2.05, 4.69) is 10.4 Å². The van der Waals surface area contributed by atoms with Crippen molar-refractivity contribution in [2.24, 2.45) is 7.05 Å². The van der Waals surface area contributed by atoms with Gasteiger partial charge in [0.15, 0.2) is 0 Å². The highest BCUT2D eigenvalue weighted by Crippen LogP contribution is 2.18. The van der Waals surface area contributed by atoms with Crippen molar-refractivity contribution >= 4 is 5.97 Å². The Kier molecular flexibility index (Phi) is 4.69. The quantitative estimate of drug-likeness (QED) is 0.788. The minimum Gasteiger partial charge on any atom is -0.465 e. The molecule has 1 heterocycles. The van der Waals surface area contributed by atoms with Crippen LogP contribution in [0.15, 0.2) is 6.20 Å². The predicted molar refractivity (Wildman–Crippen MR) is 65.6 cm³/mol. The van der Waals surface area contributed by atoms with Crippen LogP contribution in [-0.2, 0) is 16.6 Å². The molecule has 0 amide bonds. The summed E-state index contributed by atoms with van der Waals surface area (Å²) < 4.78 is 6.79. The van der Waals surface area contributed by atoms with E-state index in [1.807, 2.05) is 34.0 Å². The molecule has 1 unspecified atom stereocenters. The van der Waals surface area contributed by atoms with Crippen molar-refractivity contribution in [2.75, 3.05) is 6.61 Å². The molecule has 5 heteroatoms. The number of esters is 1. The third kappa shape index (κ3) is 3.56. The number of carbonyl (C=O) groups is 1. The molecule has 1 N–H and O–H groups in total. The van der Waals surface area contributed by atoms with Gasteiger partial charge in [-0.25, -0.2) is 4.79 Å². The summed E-state index contributed by atoms with van der Waals surface area (Å²) in [6.07, 6.45) is 1.85. The van der Waals surface area contributed by atoms with Crippen molar-refractivity contribution in [3.63, 3.8) is 0 Å². The molecule has 5 nitrogen and oxygen atoms in total. The first-order valence-electron chi connectivity index (χ1n) is 5.88. The smallest absolute Gasteiger partial charge is 0.327 e. The van der Waals surface area contributed by atoms with Crippen molar-refractivity contribution in [1.29, 1.82) is 0 Å². The van der Waals surface area contributed by atoms with Crippen molar-refractivity contribution in [2.45, 2.75) is 39.8 Å². The number of rotatable bonds is 5. The topological polar surface area (TPSA) is 56.1 Å². The van der Waals surface area contributed by atoms with Gasteiger partial charge in [0.2, 0.25) is 0 Å². The number of nitrogens with zero attached hydrogens (tertiary/aromatic N) is 2. The van der Waals surface area contributed by atoms with Crippen LogP contribution in [0.25, 0.3) is 0 Å². The third-order valence-corrected chi connectivity index (χ3v) is 2.38. The molecule has 17 heavy (non-hydrogen) atoms. The second kappa shape index (κ2) is 5.82. The first kappa shape index (κ1) is 13.7. The molecule has 0 saturated carbocycles. The van der Waals surface area contributed by atoms with E-state index in [4.69, 9.17) is 4.74 Å². The molecule has 96 valence electrons. The highest BCUT2D eigenvalue weighted by Gasteiger charge is 2.25. The summed E-state index contributed by atoms with van der Waals surface area (Å²) in [5.41, 5.74) is 1.72. The summed E-state index contributed by atoms with van der Waals surface area (Å²) in [4.78, 5) is 11.9. The summed E-state index contributed by atoms with van der Waals surface area (Å²) in [5.74, 6) is -0.252. The van der Waals surface area contributed by atoms with Crippen LogP contribution in [0.1, 0.15) is 38.1 Å². The Morgan fingerprint density at radius 2 is 2.24 bits per heavy atom. The molecule has 1 aromatic heterocycles. The van der Waals surface area contributed by atoms with Crippen LogP contribution in [0.4, 0.5) is 0 Å². The second-order valence-electron chi connectivity index (χ2n) is 4.35. The fraction of sp³-hybridized carbons (Fsp3) is 0.667. The van der Waals surface area contributed by atoms with Gasteiger partial charge in [0, 0.05) is 24.8 Å². The molecule has 0 fully saturated rings. The molecule has 0 aliphatic heterocycles. The molecular formula is C12H21N3O2. The Morgan fingerprint density at radius 1 is 1.59 bits per heavy atom. The first-order chi connectivity index (χ1) is 7.95. The molecule has 1 rings (SSSR count). The summed E-state index contributed by atoms with van der Waals surface area (Å²) in [7, 11) is 1.84. The van der Waals surface area contributed by atoms with Crippen LogP contribution in [0.2, 0.25) is 0 Å². The minimum absolute atomic E-state index is 0.198. The zero-order valence-corrected chi connectivity index (χ0v) is 11.2. The van der Waals surface area contributed by atoms with Crippen molar-refractivity contribution < 1.29 is 9.53 Å². The maximum atomic E-state index is 11.9. The van der Waals surface area contributed by atoms with Gasteiger partial charge in [0.1, 0.15) is 6.04 Å². The van der Waals surface area contributed by atoms with Crippen LogP contribution >= 0.6 is 0 Å². The fourth-order valence-corrected chi connectivity index (χ4v) is 1.75. The number of carbonyl (C=O) groups excluding carboxylic acids is 1. The fourth-order valence-electron chi connectivity index (χ4n) is 1.75. The van der Waals surface area contributed by atoms with E-state index in [-0.39, 0.29) is 12.0 Å². The summed E-state index contributed by atoms with van der Waals surface area (Å²) in [6, 6.07) is -0.243. The minimum atomic E-state index is -0.441. The Bertz CT molecular complexity index is 385. The van der Waals surface area contributed by atoms with Gasteiger partial charge in [-0.3, -0.25) is 10.00 Å². The van der Waals surface area contributed by atoms with Gasteiger partial charge in [-0.1, -0.05) is 0 Å². The lowest BCUT2D eigenvalue weighted by atomic mass is 10.1. The largest absolute Gasteiger partial charge is 0.465 e. The van der Waals surface area contributed by atoms with Crippen LogP contribution < -0.4 is 5.32 Å². The van der Waals surface area contributed by atoms with E-state index in [9.17, 15) is 4.79 Å². The number of nitrogens with one attached hydrogen (secondary N) is 1. The molecule has 0 bridgehead atoms. The van der Waals surface area contributed by atoms with Gasteiger partial charge in [0.25, 0.3) is 0 Å². The summed E-state index contributed by atoms with van der Waals surface area (Å²) in [6.45, 7) is 8.08. The molecule has 0 spiro atoms. The zero-order valence-electron chi connectivity index (χ0n) is 11.2. The van der Waals surface area contributed by atoms with E-state index in [0.29, 0.717) is 6.61 Å². The van der Waals surface area contributed by atoms with Gasteiger partial charge in [-0.05, 0) is 27.7 Å². The maximum absolute atomic E-state index is 11.9. The molecule has 0 radical (unpaired) electrons. The molecule has 1 aromatic rings. The highest BCUT2D eigenvalue weighted by molar-refractivity contribution is 5.78. The highest BCUT2D eigenvalue weighted by atomic mass is 16.5. The van der Waals surface area contributed by atoms with Gasteiger partial charge in [0.05, 0.1) is 12.3 Å². The van der Waals surface area contributed by atoms with Gasteiger partial charge in [-0.2, -0.15) is 5.10 Å². The molecular weight excluding hydrogens is 218 g/mol. The van der Waals surface area contributed by atoms with Crippen LogP contribution in [0, 0.1) is 6.92 Å². The monoisotopic (exact) mass is 239 g/mol. The Hall–Kier alpha value is -1.36. The average Bonchev–Trinajstić information content (AvgIpc) is 2.54. The lowest BCUT2D eigenvalue weighted by molar-refractivity contribution is -0.146. The van der Waals surface area contributed by atoms with Gasteiger partial charge >= 0.3 is 5.97 Å². The average molecular weight is 239 g/mol. The number of hydrogen-bond donors (Lipinski definition) is 1. The molecule has 0 saturated heterocycles. The molecule has 0 aliphatic carbocycles. The van der Waals surface area contributed by atoms with Crippen LogP contribution in [0.3, 0.4) is 0 Å². The van der Waals surface area contributed by atoms with E-state index in [1.54, 1.807) is 11.6 Å². The third-order valence-electron chi connectivity index (χ3n) is 2.38. The summed E-state index contributed by atoms with van der Waals surface area (Å²) in [5, 5.41) is 7.46. The van der Waals surface area contributed by atoms with E-state index in [0.717, 1.165) is 11.3 Å². The number of hydrogen-bond acceptors (Lipinski definition) is 4. The van der Waals surface area contributed by atoms with E-state index < -0.39 is 6.04 Å². The number of aromatic nitrogens is 2. The lowest BCUT2D eigenvalue weighted by Crippen LogP contribution is -2.35. The Labute approximate surface area is 102 Å². The molecule has 1 atom stereocenters.